The van der Waals surface area contributed by atoms with E-state index in [9.17, 15) is 4.79 Å². The Bertz CT molecular complexity index is 554. The lowest BCUT2D eigenvalue weighted by atomic mass is 10.3. The summed E-state index contributed by atoms with van der Waals surface area (Å²) in [5.41, 5.74) is -0.157. The Morgan fingerprint density at radius 1 is 1.28 bits per heavy atom. The minimum atomic E-state index is -1.15. The number of methoxy groups -OCH3 is 1. The molecule has 0 bridgehead atoms. The quantitative estimate of drug-likeness (QED) is 0.888. The van der Waals surface area contributed by atoms with Gasteiger partial charge in [-0.2, -0.15) is 0 Å². The van der Waals surface area contributed by atoms with E-state index in [1.165, 1.54) is 25.6 Å². The van der Waals surface area contributed by atoms with Crippen LogP contribution in [0.15, 0.2) is 36.7 Å². The molecule has 6 nitrogen and oxygen atoms in total. The fourth-order valence-corrected chi connectivity index (χ4v) is 1.29. The van der Waals surface area contributed by atoms with Crippen LogP contribution in [0, 0.1) is 0 Å². The molecule has 2 aromatic heterocycles. The Balaban J connectivity index is 2.25. The van der Waals surface area contributed by atoms with Crippen LogP contribution in [0.25, 0.3) is 0 Å². The van der Waals surface area contributed by atoms with Gasteiger partial charge in [0.2, 0.25) is 5.88 Å². The molecule has 92 valence electrons. The first kappa shape index (κ1) is 11.8. The molecule has 2 rings (SSSR count). The Morgan fingerprint density at radius 3 is 2.72 bits per heavy atom. The van der Waals surface area contributed by atoms with E-state index in [-0.39, 0.29) is 17.3 Å². The number of carboxylic acids is 1. The molecule has 0 aliphatic heterocycles. The number of hydrogen-bond donors (Lipinski definition) is 1. The first-order chi connectivity index (χ1) is 8.70. The summed E-state index contributed by atoms with van der Waals surface area (Å²) in [5, 5.41) is 8.94. The SMILES string of the molecule is COc1ccc(Oc2cccnc2C(=O)O)nc1. The molecular weight excluding hydrogens is 236 g/mol. The van der Waals surface area contributed by atoms with Crippen molar-refractivity contribution in [3.05, 3.63) is 42.4 Å². The van der Waals surface area contributed by atoms with Crippen LogP contribution in [0.1, 0.15) is 10.5 Å². The monoisotopic (exact) mass is 246 g/mol. The molecule has 0 saturated heterocycles. The maximum absolute atomic E-state index is 10.9. The average Bonchev–Trinajstić information content (AvgIpc) is 2.40. The summed E-state index contributed by atoms with van der Waals surface area (Å²) in [7, 11) is 1.53. The molecule has 0 atom stereocenters. The van der Waals surface area contributed by atoms with Crippen LogP contribution in [0.4, 0.5) is 0 Å². The Morgan fingerprint density at radius 2 is 2.11 bits per heavy atom. The van der Waals surface area contributed by atoms with Gasteiger partial charge in [0.1, 0.15) is 5.75 Å². The highest BCUT2D eigenvalue weighted by Gasteiger charge is 2.13. The van der Waals surface area contributed by atoms with Gasteiger partial charge in [-0.3, -0.25) is 0 Å². The molecule has 1 N–H and O–H groups in total. The van der Waals surface area contributed by atoms with Gasteiger partial charge in [0.25, 0.3) is 0 Å². The smallest absolute Gasteiger partial charge is 0.358 e. The van der Waals surface area contributed by atoms with Gasteiger partial charge in [-0.1, -0.05) is 0 Å². The van der Waals surface area contributed by atoms with Crippen molar-refractivity contribution >= 4 is 5.97 Å². The summed E-state index contributed by atoms with van der Waals surface area (Å²) < 4.78 is 10.3. The molecular formula is C12H10N2O4. The number of rotatable bonds is 4. The Kier molecular flexibility index (Phi) is 3.38. The zero-order valence-corrected chi connectivity index (χ0v) is 9.53. The standard InChI is InChI=1S/C12H10N2O4/c1-17-8-4-5-10(14-7-8)18-9-3-2-6-13-11(9)12(15)16/h2-7H,1H3,(H,15,16). The highest BCUT2D eigenvalue weighted by atomic mass is 16.5. The van der Waals surface area contributed by atoms with Gasteiger partial charge in [0.15, 0.2) is 11.4 Å². The van der Waals surface area contributed by atoms with Gasteiger partial charge in [0.05, 0.1) is 13.3 Å². The van der Waals surface area contributed by atoms with Crippen molar-refractivity contribution in [2.75, 3.05) is 7.11 Å². The van der Waals surface area contributed by atoms with Gasteiger partial charge in [0, 0.05) is 12.3 Å². The Hall–Kier alpha value is -2.63. The van der Waals surface area contributed by atoms with Gasteiger partial charge in [-0.15, -0.1) is 0 Å². The van der Waals surface area contributed by atoms with E-state index in [2.05, 4.69) is 9.97 Å². The van der Waals surface area contributed by atoms with Gasteiger partial charge < -0.3 is 14.6 Å². The third kappa shape index (κ3) is 2.54. The summed E-state index contributed by atoms with van der Waals surface area (Å²) in [5.74, 6) is -0.153. The van der Waals surface area contributed by atoms with Crippen LogP contribution >= 0.6 is 0 Å². The molecule has 0 aromatic carbocycles. The van der Waals surface area contributed by atoms with Crippen LogP contribution < -0.4 is 9.47 Å². The zero-order chi connectivity index (χ0) is 13.0. The van der Waals surface area contributed by atoms with Gasteiger partial charge in [-0.05, 0) is 18.2 Å². The van der Waals surface area contributed by atoms with Crippen molar-refractivity contribution in [2.24, 2.45) is 0 Å². The molecule has 0 unspecified atom stereocenters. The number of ether oxygens (including phenoxy) is 2. The van der Waals surface area contributed by atoms with Crippen LogP contribution in [-0.4, -0.2) is 28.2 Å². The number of aromatic nitrogens is 2. The predicted octanol–water partition coefficient (Wildman–Crippen LogP) is 1.98. The summed E-state index contributed by atoms with van der Waals surface area (Å²) in [6.07, 6.45) is 2.86. The summed E-state index contributed by atoms with van der Waals surface area (Å²) >= 11 is 0. The van der Waals surface area contributed by atoms with Crippen molar-refractivity contribution in [1.82, 2.24) is 9.97 Å². The van der Waals surface area contributed by atoms with Crippen molar-refractivity contribution in [1.29, 1.82) is 0 Å². The molecule has 0 aliphatic carbocycles. The lowest BCUT2D eigenvalue weighted by molar-refractivity contribution is 0.0687. The lowest BCUT2D eigenvalue weighted by Crippen LogP contribution is -2.03. The zero-order valence-electron chi connectivity index (χ0n) is 9.53. The largest absolute Gasteiger partial charge is 0.495 e. The fourth-order valence-electron chi connectivity index (χ4n) is 1.29. The second-order valence-electron chi connectivity index (χ2n) is 3.29. The van der Waals surface area contributed by atoms with E-state index in [0.717, 1.165) is 0 Å². The van der Waals surface area contributed by atoms with Crippen LogP contribution in [-0.2, 0) is 0 Å². The second kappa shape index (κ2) is 5.13. The average molecular weight is 246 g/mol. The first-order valence-corrected chi connectivity index (χ1v) is 5.07. The number of carbonyl (C=O) groups is 1. The third-order valence-corrected chi connectivity index (χ3v) is 2.13. The van der Waals surface area contributed by atoms with E-state index in [1.807, 2.05) is 0 Å². The number of aromatic carboxylic acids is 1. The molecule has 0 fully saturated rings. The molecule has 2 aromatic rings. The molecule has 0 saturated carbocycles. The minimum Gasteiger partial charge on any atom is -0.495 e. The van der Waals surface area contributed by atoms with Gasteiger partial charge in [-0.25, -0.2) is 14.8 Å². The number of carboxylic acid groups (broad SMARTS) is 1. The molecule has 6 heteroatoms. The normalized spacial score (nSPS) is 9.83. The number of pyridine rings is 2. The van der Waals surface area contributed by atoms with E-state index in [1.54, 1.807) is 18.2 Å². The molecule has 0 aliphatic rings. The Labute approximate surface area is 103 Å². The lowest BCUT2D eigenvalue weighted by Gasteiger charge is -2.07. The highest BCUT2D eigenvalue weighted by molar-refractivity contribution is 5.88. The van der Waals surface area contributed by atoms with Crippen LogP contribution in [0.2, 0.25) is 0 Å². The van der Waals surface area contributed by atoms with Crippen molar-refractivity contribution in [3.63, 3.8) is 0 Å². The van der Waals surface area contributed by atoms with E-state index in [4.69, 9.17) is 14.6 Å². The van der Waals surface area contributed by atoms with Crippen molar-refractivity contribution in [3.8, 4) is 17.4 Å². The topological polar surface area (TPSA) is 81.5 Å². The summed E-state index contributed by atoms with van der Waals surface area (Å²) in [6, 6.07) is 6.35. The summed E-state index contributed by atoms with van der Waals surface area (Å²) in [6.45, 7) is 0. The van der Waals surface area contributed by atoms with Crippen LogP contribution in [0.3, 0.4) is 0 Å². The molecule has 0 radical (unpaired) electrons. The second-order valence-corrected chi connectivity index (χ2v) is 3.29. The first-order valence-electron chi connectivity index (χ1n) is 5.07. The highest BCUT2D eigenvalue weighted by Crippen LogP contribution is 2.23. The van der Waals surface area contributed by atoms with Crippen LogP contribution in [0.5, 0.6) is 17.4 Å². The maximum atomic E-state index is 10.9. The molecule has 18 heavy (non-hydrogen) atoms. The number of hydrogen-bond acceptors (Lipinski definition) is 5. The van der Waals surface area contributed by atoms with E-state index >= 15 is 0 Å². The molecule has 0 amide bonds. The minimum absolute atomic E-state index is 0.141. The van der Waals surface area contributed by atoms with Crippen molar-refractivity contribution in [2.45, 2.75) is 0 Å². The van der Waals surface area contributed by atoms with Gasteiger partial charge >= 0.3 is 5.97 Å². The fraction of sp³-hybridized carbons (Fsp3) is 0.0833. The summed E-state index contributed by atoms with van der Waals surface area (Å²) in [4.78, 5) is 18.6. The maximum Gasteiger partial charge on any atom is 0.358 e. The molecule has 2 heterocycles. The third-order valence-electron chi connectivity index (χ3n) is 2.13. The van der Waals surface area contributed by atoms with Crippen molar-refractivity contribution < 1.29 is 19.4 Å². The predicted molar refractivity (Wildman–Crippen MR) is 62.1 cm³/mol. The van der Waals surface area contributed by atoms with E-state index in [0.29, 0.717) is 5.75 Å². The molecule has 0 spiro atoms. The van der Waals surface area contributed by atoms with E-state index < -0.39 is 5.97 Å². The number of nitrogens with zero attached hydrogens (tertiary/aromatic N) is 2.